The van der Waals surface area contributed by atoms with E-state index in [4.69, 9.17) is 15.3 Å². The number of ether oxygens (including phenoxy) is 1. The minimum absolute atomic E-state index is 0.0101. The Morgan fingerprint density at radius 2 is 1.86 bits per heavy atom. The van der Waals surface area contributed by atoms with Gasteiger partial charge in [0, 0.05) is 35.4 Å². The first kappa shape index (κ1) is 33.9. The standard InChI is InChI=1S/C34H31N7O5S3/c1-2-45-39-25(29-38-34(35)49-40-29)30(42)37-26-31(43)41-27(24(20-48-32(26)41)19-47-17-15-21-10-9-16-36-18-21)33(44)46-28(22-11-5-3-6-12-22)23-13-7-4-8-14-23/h3-18,26,28,32H,2,19-20H2,1H3,(H,37,42)(H2,35,38,40)/b17-15-,39-25?/t26?,32-/m0/s1. The summed E-state index contributed by atoms with van der Waals surface area (Å²) in [4.78, 5) is 56.2. The maximum absolute atomic E-state index is 14.2. The van der Waals surface area contributed by atoms with Gasteiger partial charge in [-0.05, 0) is 46.7 Å². The summed E-state index contributed by atoms with van der Waals surface area (Å²) in [6.45, 7) is 1.91. The van der Waals surface area contributed by atoms with E-state index in [1.54, 1.807) is 19.3 Å². The maximum Gasteiger partial charge on any atom is 0.356 e. The molecule has 250 valence electrons. The number of nitrogens with zero attached hydrogens (tertiary/aromatic N) is 5. The van der Waals surface area contributed by atoms with Crippen LogP contribution < -0.4 is 11.1 Å². The molecule has 2 aliphatic heterocycles. The number of carbonyl (C=O) groups excluding carboxylic acids is 3. The van der Waals surface area contributed by atoms with Crippen molar-refractivity contribution in [2.24, 2.45) is 5.16 Å². The fourth-order valence-corrected chi connectivity index (χ4v) is 7.83. The Labute approximate surface area is 295 Å². The molecule has 4 aromatic rings. The van der Waals surface area contributed by atoms with Crippen molar-refractivity contribution in [3.8, 4) is 0 Å². The third kappa shape index (κ3) is 7.85. The molecule has 0 radical (unpaired) electrons. The Morgan fingerprint density at radius 1 is 1.12 bits per heavy atom. The van der Waals surface area contributed by atoms with Crippen LogP contribution >= 0.6 is 35.1 Å². The molecule has 0 spiro atoms. The molecule has 1 saturated heterocycles. The van der Waals surface area contributed by atoms with Gasteiger partial charge in [-0.1, -0.05) is 71.9 Å². The number of pyridine rings is 1. The molecule has 6 rings (SSSR count). The van der Waals surface area contributed by atoms with E-state index in [1.165, 1.54) is 28.4 Å². The first-order valence-corrected chi connectivity index (χ1v) is 18.1. The molecule has 2 amide bonds. The zero-order valence-corrected chi connectivity index (χ0v) is 28.6. The molecule has 49 heavy (non-hydrogen) atoms. The molecular weight excluding hydrogens is 683 g/mol. The van der Waals surface area contributed by atoms with Crippen molar-refractivity contribution < 1.29 is 24.0 Å². The van der Waals surface area contributed by atoms with E-state index in [-0.39, 0.29) is 29.0 Å². The number of carbonyl (C=O) groups is 3. The molecule has 0 saturated carbocycles. The van der Waals surface area contributed by atoms with Crippen LogP contribution in [0.3, 0.4) is 0 Å². The summed E-state index contributed by atoms with van der Waals surface area (Å²) in [6.07, 6.45) is 4.68. The van der Waals surface area contributed by atoms with Crippen molar-refractivity contribution in [1.82, 2.24) is 24.6 Å². The largest absolute Gasteiger partial charge is 0.448 e. The summed E-state index contributed by atoms with van der Waals surface area (Å²) in [5, 5.41) is 8.14. The number of esters is 1. The van der Waals surface area contributed by atoms with Crippen LogP contribution in [-0.2, 0) is 24.0 Å². The summed E-state index contributed by atoms with van der Waals surface area (Å²) in [5.41, 5.74) is 8.96. The number of aromatic nitrogens is 3. The molecule has 2 aromatic carbocycles. The second kappa shape index (κ2) is 15.9. The summed E-state index contributed by atoms with van der Waals surface area (Å²) in [6, 6.07) is 21.7. The Morgan fingerprint density at radius 3 is 2.49 bits per heavy atom. The molecule has 12 nitrogen and oxygen atoms in total. The summed E-state index contributed by atoms with van der Waals surface area (Å²) in [7, 11) is 0. The molecule has 3 N–H and O–H groups in total. The van der Waals surface area contributed by atoms with Gasteiger partial charge in [0.05, 0.1) is 0 Å². The lowest BCUT2D eigenvalue weighted by atomic mass is 10.0. The second-order valence-corrected chi connectivity index (χ2v) is 13.4. The quantitative estimate of drug-likeness (QED) is 0.0859. The average Bonchev–Trinajstić information content (AvgIpc) is 3.57. The second-order valence-electron chi connectivity index (χ2n) is 10.6. The molecule has 2 atom stereocenters. The first-order chi connectivity index (χ1) is 23.9. The zero-order chi connectivity index (χ0) is 34.2. The van der Waals surface area contributed by atoms with Crippen LogP contribution in [0, 0.1) is 0 Å². The molecule has 1 unspecified atom stereocenters. The third-order valence-electron chi connectivity index (χ3n) is 7.41. The van der Waals surface area contributed by atoms with E-state index >= 15 is 0 Å². The predicted octanol–water partition coefficient (Wildman–Crippen LogP) is 4.65. The number of nitrogens with one attached hydrogen (secondary N) is 1. The number of nitrogen functional groups attached to an aromatic ring is 1. The number of fused-ring (bicyclic) bond motifs is 1. The van der Waals surface area contributed by atoms with Crippen LogP contribution in [0.25, 0.3) is 6.08 Å². The van der Waals surface area contributed by atoms with Crippen LogP contribution in [0.4, 0.5) is 5.13 Å². The molecular formula is C34H31N7O5S3. The van der Waals surface area contributed by atoms with E-state index in [9.17, 15) is 14.4 Å². The number of amides is 2. The fourth-order valence-electron chi connectivity index (χ4n) is 5.13. The smallest absolute Gasteiger partial charge is 0.356 e. The Kier molecular flexibility index (Phi) is 11.0. The zero-order valence-electron chi connectivity index (χ0n) is 26.2. The van der Waals surface area contributed by atoms with Gasteiger partial charge in [0.25, 0.3) is 11.8 Å². The minimum Gasteiger partial charge on any atom is -0.448 e. The van der Waals surface area contributed by atoms with Gasteiger partial charge in [0.15, 0.2) is 11.2 Å². The number of β-lactam (4-membered cyclic amide) rings is 1. The van der Waals surface area contributed by atoms with Gasteiger partial charge in [0.2, 0.25) is 11.5 Å². The van der Waals surface area contributed by atoms with E-state index in [0.29, 0.717) is 11.5 Å². The number of oxime groups is 1. The lowest BCUT2D eigenvalue weighted by Crippen LogP contribution is -2.71. The third-order valence-corrected chi connectivity index (χ3v) is 10.1. The van der Waals surface area contributed by atoms with Crippen molar-refractivity contribution in [2.75, 3.05) is 23.8 Å². The molecule has 4 heterocycles. The number of benzene rings is 2. The highest BCUT2D eigenvalue weighted by Gasteiger charge is 2.55. The van der Waals surface area contributed by atoms with Crippen LogP contribution in [0.2, 0.25) is 0 Å². The van der Waals surface area contributed by atoms with E-state index in [0.717, 1.165) is 33.8 Å². The Hall–Kier alpha value is -4.99. The summed E-state index contributed by atoms with van der Waals surface area (Å²) < 4.78 is 10.3. The number of hydrogen-bond acceptors (Lipinski definition) is 13. The maximum atomic E-state index is 14.2. The summed E-state index contributed by atoms with van der Waals surface area (Å²) >= 11 is 3.85. The van der Waals surface area contributed by atoms with Gasteiger partial charge in [-0.25, -0.2) is 4.79 Å². The number of nitrogens with two attached hydrogens (primary N) is 1. The van der Waals surface area contributed by atoms with Crippen LogP contribution in [0.15, 0.2) is 107 Å². The van der Waals surface area contributed by atoms with Crippen molar-refractivity contribution in [2.45, 2.75) is 24.4 Å². The van der Waals surface area contributed by atoms with Crippen molar-refractivity contribution in [1.29, 1.82) is 0 Å². The van der Waals surface area contributed by atoms with E-state index in [2.05, 4.69) is 24.8 Å². The monoisotopic (exact) mass is 713 g/mol. The van der Waals surface area contributed by atoms with Crippen LogP contribution in [-0.4, -0.2) is 72.3 Å². The average molecular weight is 714 g/mol. The van der Waals surface area contributed by atoms with Crippen molar-refractivity contribution in [3.05, 3.63) is 124 Å². The van der Waals surface area contributed by atoms with Crippen LogP contribution in [0.1, 0.15) is 35.5 Å². The number of thioether (sulfide) groups is 2. The predicted molar refractivity (Wildman–Crippen MR) is 191 cm³/mol. The number of anilines is 1. The molecule has 2 aliphatic rings. The number of hydrogen-bond donors (Lipinski definition) is 2. The van der Waals surface area contributed by atoms with Crippen LogP contribution in [0.5, 0.6) is 0 Å². The van der Waals surface area contributed by atoms with Gasteiger partial charge < -0.3 is 20.6 Å². The van der Waals surface area contributed by atoms with Gasteiger partial charge in [0.1, 0.15) is 23.7 Å². The van der Waals surface area contributed by atoms with Gasteiger partial charge in [-0.2, -0.15) is 9.36 Å². The first-order valence-electron chi connectivity index (χ1n) is 15.2. The Bertz CT molecular complexity index is 1850. The highest BCUT2D eigenvalue weighted by molar-refractivity contribution is 8.02. The van der Waals surface area contributed by atoms with Gasteiger partial charge in [-0.3, -0.25) is 19.5 Å². The molecule has 0 bridgehead atoms. The highest BCUT2D eigenvalue weighted by Crippen LogP contribution is 2.42. The van der Waals surface area contributed by atoms with E-state index in [1.807, 2.05) is 84.3 Å². The fraction of sp³-hybridized carbons (Fsp3) is 0.206. The summed E-state index contributed by atoms with van der Waals surface area (Å²) in [5.74, 6) is -0.926. The molecule has 0 aliphatic carbocycles. The topological polar surface area (TPSA) is 162 Å². The lowest BCUT2D eigenvalue weighted by Gasteiger charge is -2.49. The van der Waals surface area contributed by atoms with Crippen molar-refractivity contribution >= 4 is 69.8 Å². The van der Waals surface area contributed by atoms with E-state index < -0.39 is 35.3 Å². The number of rotatable bonds is 13. The molecule has 2 aromatic heterocycles. The highest BCUT2D eigenvalue weighted by atomic mass is 32.2. The minimum atomic E-state index is -0.943. The lowest BCUT2D eigenvalue weighted by molar-refractivity contribution is -0.154. The Balaban J connectivity index is 1.27. The van der Waals surface area contributed by atoms with Crippen molar-refractivity contribution in [3.63, 3.8) is 0 Å². The van der Waals surface area contributed by atoms with Gasteiger partial charge in [-0.15, -0.1) is 23.5 Å². The molecule has 1 fully saturated rings. The SMILES string of the molecule is CCON=C(C(=O)NC1C(=O)N2C(C(=O)OC(c3ccccc3)c3ccccc3)=C(CS/C=C\c3cccnc3)CS[C@@H]12)c1nsc(N)n1. The molecule has 15 heteroatoms. The normalized spacial score (nSPS) is 17.6. The van der Waals surface area contributed by atoms with Gasteiger partial charge >= 0.3 is 5.97 Å².